The zero-order valence-corrected chi connectivity index (χ0v) is 11.1. The lowest BCUT2D eigenvalue weighted by Crippen LogP contribution is -2.32. The molecule has 2 heterocycles. The molecule has 0 radical (unpaired) electrons. The molecule has 0 fully saturated rings. The Morgan fingerprint density at radius 1 is 1.53 bits per heavy atom. The van der Waals surface area contributed by atoms with Crippen LogP contribution >= 0.6 is 15.9 Å². The van der Waals surface area contributed by atoms with Crippen molar-refractivity contribution in [1.29, 1.82) is 0 Å². The predicted octanol–water partition coefficient (Wildman–Crippen LogP) is 0.897. The maximum absolute atomic E-state index is 5.59. The summed E-state index contributed by atoms with van der Waals surface area (Å²) < 4.78 is 2.77. The lowest BCUT2D eigenvalue weighted by molar-refractivity contribution is 0.467. The Labute approximate surface area is 107 Å². The second kappa shape index (κ2) is 4.94. The van der Waals surface area contributed by atoms with Crippen LogP contribution < -0.4 is 11.3 Å². The van der Waals surface area contributed by atoms with Crippen molar-refractivity contribution in [2.24, 2.45) is 5.84 Å². The molecule has 2 aromatic heterocycles. The molecule has 4 N–H and O–H groups in total. The van der Waals surface area contributed by atoms with Crippen LogP contribution in [0.1, 0.15) is 37.4 Å². The molecule has 0 bridgehead atoms. The standard InChI is InChI=1S/C9H14BrN7/c1-5(2)17-8(6(10)3-14-17)7(15-11)9-12-4-13-16-9/h3-5,7,15H,11H2,1-2H3,(H,12,13,16). The number of aromatic amines is 1. The Morgan fingerprint density at radius 3 is 2.82 bits per heavy atom. The molecular weight excluding hydrogens is 286 g/mol. The van der Waals surface area contributed by atoms with Gasteiger partial charge in [0, 0.05) is 6.04 Å². The first-order chi connectivity index (χ1) is 8.15. The van der Waals surface area contributed by atoms with Crippen LogP contribution in [0.5, 0.6) is 0 Å². The smallest absolute Gasteiger partial charge is 0.148 e. The van der Waals surface area contributed by atoms with Crippen molar-refractivity contribution < 1.29 is 0 Å². The van der Waals surface area contributed by atoms with Gasteiger partial charge in [-0.05, 0) is 29.8 Å². The highest BCUT2D eigenvalue weighted by Gasteiger charge is 2.24. The monoisotopic (exact) mass is 299 g/mol. The third kappa shape index (κ3) is 2.24. The van der Waals surface area contributed by atoms with Gasteiger partial charge in [0.25, 0.3) is 0 Å². The van der Waals surface area contributed by atoms with Crippen molar-refractivity contribution in [2.45, 2.75) is 25.9 Å². The fraction of sp³-hybridized carbons (Fsp3) is 0.444. The van der Waals surface area contributed by atoms with Crippen molar-refractivity contribution in [2.75, 3.05) is 0 Å². The molecule has 0 aliphatic carbocycles. The van der Waals surface area contributed by atoms with Gasteiger partial charge in [0.2, 0.25) is 0 Å². The second-order valence-electron chi connectivity index (χ2n) is 3.89. The molecule has 0 aliphatic rings. The highest BCUT2D eigenvalue weighted by Crippen LogP contribution is 2.28. The molecule has 7 nitrogen and oxygen atoms in total. The molecule has 0 saturated carbocycles. The van der Waals surface area contributed by atoms with E-state index in [0.29, 0.717) is 5.82 Å². The first-order valence-electron chi connectivity index (χ1n) is 5.19. The molecule has 0 aliphatic heterocycles. The zero-order valence-electron chi connectivity index (χ0n) is 9.55. The summed E-state index contributed by atoms with van der Waals surface area (Å²) in [5.74, 6) is 6.24. The van der Waals surface area contributed by atoms with E-state index in [4.69, 9.17) is 5.84 Å². The molecule has 17 heavy (non-hydrogen) atoms. The molecule has 1 unspecified atom stereocenters. The molecule has 8 heteroatoms. The Kier molecular flexibility index (Phi) is 3.55. The Hall–Kier alpha value is -1.25. The van der Waals surface area contributed by atoms with Gasteiger partial charge in [-0.1, -0.05) is 0 Å². The van der Waals surface area contributed by atoms with E-state index in [1.54, 1.807) is 6.20 Å². The van der Waals surface area contributed by atoms with Crippen LogP contribution in [0.25, 0.3) is 0 Å². The van der Waals surface area contributed by atoms with Crippen molar-refractivity contribution in [3.63, 3.8) is 0 Å². The second-order valence-corrected chi connectivity index (χ2v) is 4.74. The molecule has 0 spiro atoms. The van der Waals surface area contributed by atoms with Gasteiger partial charge in [-0.2, -0.15) is 10.2 Å². The van der Waals surface area contributed by atoms with E-state index in [1.165, 1.54) is 6.33 Å². The van der Waals surface area contributed by atoms with Crippen LogP contribution in [0.15, 0.2) is 17.0 Å². The molecule has 0 amide bonds. The van der Waals surface area contributed by atoms with Crippen molar-refractivity contribution in [3.05, 3.63) is 28.5 Å². The molecule has 1 atom stereocenters. The largest absolute Gasteiger partial charge is 0.270 e. The van der Waals surface area contributed by atoms with E-state index in [1.807, 2.05) is 4.68 Å². The van der Waals surface area contributed by atoms with E-state index in [2.05, 4.69) is 55.5 Å². The molecular formula is C9H14BrN7. The minimum absolute atomic E-state index is 0.232. The van der Waals surface area contributed by atoms with Gasteiger partial charge in [-0.15, -0.1) is 0 Å². The van der Waals surface area contributed by atoms with Crippen LogP contribution in [0.2, 0.25) is 0 Å². The molecule has 0 aromatic carbocycles. The fourth-order valence-electron chi connectivity index (χ4n) is 1.67. The predicted molar refractivity (Wildman–Crippen MR) is 65.9 cm³/mol. The van der Waals surface area contributed by atoms with Crippen LogP contribution in [-0.2, 0) is 0 Å². The lowest BCUT2D eigenvalue weighted by Gasteiger charge is -2.18. The minimum Gasteiger partial charge on any atom is -0.270 e. The maximum atomic E-state index is 5.59. The highest BCUT2D eigenvalue weighted by atomic mass is 79.9. The maximum Gasteiger partial charge on any atom is 0.148 e. The van der Waals surface area contributed by atoms with E-state index in [9.17, 15) is 0 Å². The van der Waals surface area contributed by atoms with Gasteiger partial charge in [0.15, 0.2) is 0 Å². The normalized spacial score (nSPS) is 13.2. The lowest BCUT2D eigenvalue weighted by atomic mass is 10.2. The highest BCUT2D eigenvalue weighted by molar-refractivity contribution is 9.10. The van der Waals surface area contributed by atoms with Crippen LogP contribution in [0.4, 0.5) is 0 Å². The first-order valence-corrected chi connectivity index (χ1v) is 5.98. The third-order valence-electron chi connectivity index (χ3n) is 2.42. The SMILES string of the molecule is CC(C)n1ncc(Br)c1C(NN)c1ncn[nH]1. The fourth-order valence-corrected chi connectivity index (χ4v) is 2.18. The van der Waals surface area contributed by atoms with E-state index in [-0.39, 0.29) is 12.1 Å². The van der Waals surface area contributed by atoms with Gasteiger partial charge in [0.05, 0.1) is 16.4 Å². The summed E-state index contributed by atoms with van der Waals surface area (Å²) in [6, 6.07) is -0.0492. The van der Waals surface area contributed by atoms with E-state index in [0.717, 1.165) is 10.2 Å². The van der Waals surface area contributed by atoms with Crippen molar-refractivity contribution >= 4 is 15.9 Å². The summed E-state index contributed by atoms with van der Waals surface area (Å²) in [6.45, 7) is 4.10. The number of nitrogens with two attached hydrogens (primary N) is 1. The summed E-state index contributed by atoms with van der Waals surface area (Å²) in [4.78, 5) is 4.11. The van der Waals surface area contributed by atoms with Crippen molar-refractivity contribution in [3.8, 4) is 0 Å². The summed E-state index contributed by atoms with van der Waals surface area (Å²) in [7, 11) is 0. The number of H-pyrrole nitrogens is 1. The molecule has 92 valence electrons. The summed E-state index contributed by atoms with van der Waals surface area (Å²) in [5, 5.41) is 10.9. The van der Waals surface area contributed by atoms with E-state index < -0.39 is 0 Å². The Balaban J connectivity index is 2.47. The van der Waals surface area contributed by atoms with Crippen molar-refractivity contribution in [1.82, 2.24) is 30.4 Å². The third-order valence-corrected chi connectivity index (χ3v) is 3.03. The average Bonchev–Trinajstić information content (AvgIpc) is 2.91. The number of aromatic nitrogens is 5. The number of hydrazine groups is 1. The Morgan fingerprint density at radius 2 is 2.29 bits per heavy atom. The molecule has 2 aromatic rings. The Bertz CT molecular complexity index is 476. The van der Waals surface area contributed by atoms with Gasteiger partial charge in [0.1, 0.15) is 18.2 Å². The van der Waals surface area contributed by atoms with Crippen LogP contribution in [0, 0.1) is 0 Å². The number of halogens is 1. The van der Waals surface area contributed by atoms with Gasteiger partial charge >= 0.3 is 0 Å². The van der Waals surface area contributed by atoms with Crippen LogP contribution in [-0.4, -0.2) is 25.0 Å². The van der Waals surface area contributed by atoms with Gasteiger partial charge in [-0.3, -0.25) is 15.6 Å². The summed E-state index contributed by atoms with van der Waals surface area (Å²) in [6.07, 6.45) is 3.19. The van der Waals surface area contributed by atoms with Gasteiger partial charge < -0.3 is 0 Å². The number of hydrogen-bond donors (Lipinski definition) is 3. The first kappa shape index (κ1) is 12.2. The van der Waals surface area contributed by atoms with Crippen LogP contribution in [0.3, 0.4) is 0 Å². The summed E-state index contributed by atoms with van der Waals surface area (Å²) >= 11 is 3.47. The zero-order chi connectivity index (χ0) is 12.4. The minimum atomic E-state index is -0.281. The topological polar surface area (TPSA) is 97.4 Å². The quantitative estimate of drug-likeness (QED) is 0.575. The number of rotatable bonds is 4. The van der Waals surface area contributed by atoms with Gasteiger partial charge in [-0.25, -0.2) is 10.4 Å². The average molecular weight is 300 g/mol. The molecule has 0 saturated heterocycles. The number of nitrogens with one attached hydrogen (secondary N) is 2. The summed E-state index contributed by atoms with van der Waals surface area (Å²) in [5.41, 5.74) is 3.63. The number of hydrogen-bond acceptors (Lipinski definition) is 5. The molecule has 2 rings (SSSR count). The number of nitrogens with zero attached hydrogens (tertiary/aromatic N) is 4. The van der Waals surface area contributed by atoms with E-state index >= 15 is 0 Å².